The number of alkyl halides is 2. The molecule has 0 radical (unpaired) electrons. The van der Waals surface area contributed by atoms with Gasteiger partial charge in [-0.2, -0.15) is 17.2 Å². The van der Waals surface area contributed by atoms with Gasteiger partial charge in [0.1, 0.15) is 0 Å². The normalized spacial score (nSPS) is 46.7. The summed E-state index contributed by atoms with van der Waals surface area (Å²) in [5.74, 6) is 1.65. The number of halogens is 2. The fourth-order valence-electron chi connectivity index (χ4n) is 10.3. The van der Waals surface area contributed by atoms with E-state index in [-0.39, 0.29) is 23.9 Å². The van der Waals surface area contributed by atoms with Gasteiger partial charge in [-0.05, 0) is 106 Å². The summed E-state index contributed by atoms with van der Waals surface area (Å²) in [7, 11) is -5.90. The molecule has 8 atom stereocenters. The second-order valence-corrected chi connectivity index (χ2v) is 15.0. The fraction of sp³-hybridized carbons (Fsp3) is 0.923. The fourth-order valence-corrected chi connectivity index (χ4v) is 10.6. The summed E-state index contributed by atoms with van der Waals surface area (Å²) >= 11 is 0. The van der Waals surface area contributed by atoms with Crippen molar-refractivity contribution in [3.05, 3.63) is 0 Å². The Hall–Kier alpha value is -1.29. The number of carbonyl (C=O) groups excluding carboxylic acids is 2. The van der Waals surface area contributed by atoms with E-state index in [1.54, 1.807) is 0 Å². The Balaban J connectivity index is 1.10. The van der Waals surface area contributed by atoms with E-state index >= 15 is 0 Å². The van der Waals surface area contributed by atoms with Crippen LogP contribution < -0.4 is 0 Å². The van der Waals surface area contributed by atoms with Crippen molar-refractivity contribution in [2.24, 2.45) is 58.2 Å². The molecule has 6 bridgehead atoms. The van der Waals surface area contributed by atoms with Crippen LogP contribution in [0.5, 0.6) is 0 Å². The maximum Gasteiger partial charge on any atom is 0.465 e. The van der Waals surface area contributed by atoms with Gasteiger partial charge in [0.15, 0.2) is 0 Å². The Morgan fingerprint density at radius 3 is 2.08 bits per heavy atom. The third-order valence-electron chi connectivity index (χ3n) is 10.9. The lowest BCUT2D eigenvalue weighted by Gasteiger charge is -2.61. The van der Waals surface area contributed by atoms with Gasteiger partial charge in [0.2, 0.25) is 0 Å². The summed E-state index contributed by atoms with van der Waals surface area (Å²) in [5.41, 5.74) is -0.777. The van der Waals surface area contributed by atoms with E-state index in [4.69, 9.17) is 14.0 Å². The predicted molar refractivity (Wildman–Crippen MR) is 123 cm³/mol. The van der Waals surface area contributed by atoms with Crippen LogP contribution in [0.4, 0.5) is 8.78 Å². The van der Waals surface area contributed by atoms with Crippen LogP contribution in [-0.2, 0) is 29.2 Å². The van der Waals surface area contributed by atoms with E-state index in [9.17, 15) is 26.8 Å². The highest BCUT2D eigenvalue weighted by atomic mass is 32.2. The Morgan fingerprint density at radius 1 is 0.889 bits per heavy atom. The van der Waals surface area contributed by atoms with Crippen molar-refractivity contribution in [3.8, 4) is 0 Å². The largest absolute Gasteiger partial charge is 0.465 e. The van der Waals surface area contributed by atoms with E-state index in [1.165, 1.54) is 12.8 Å². The molecule has 7 aliphatic rings. The lowest BCUT2D eigenvalue weighted by molar-refractivity contribution is -0.187. The van der Waals surface area contributed by atoms with Crippen molar-refractivity contribution in [3.63, 3.8) is 0 Å². The number of ether oxygens (including phenoxy) is 2. The minimum Gasteiger partial charge on any atom is -0.465 e. The Kier molecular flexibility index (Phi) is 5.63. The molecule has 0 amide bonds. The minimum absolute atomic E-state index is 0.00644. The van der Waals surface area contributed by atoms with Gasteiger partial charge in [0, 0.05) is 10.8 Å². The molecule has 8 unspecified atom stereocenters. The lowest BCUT2D eigenvalue weighted by Crippen LogP contribution is -2.56. The van der Waals surface area contributed by atoms with E-state index in [2.05, 4.69) is 6.92 Å². The standard InChI is InChI=1S/C26H36F2O7S/c1-14-2-18-17-5-20(19(18)3-14)21(6-17)22(29)34-12-24-7-15-4-16(8-24)10-25(9-15,11-24)13-35-23(30)26(27,28)36(31,32)33/h14-21H,2-13H2,1H3,(H,31,32,33). The van der Waals surface area contributed by atoms with Gasteiger partial charge in [0.25, 0.3) is 0 Å². The van der Waals surface area contributed by atoms with Crippen molar-refractivity contribution in [1.29, 1.82) is 0 Å². The minimum atomic E-state index is -5.90. The zero-order valence-electron chi connectivity index (χ0n) is 20.7. The van der Waals surface area contributed by atoms with E-state index in [1.807, 2.05) is 0 Å². The Labute approximate surface area is 210 Å². The van der Waals surface area contributed by atoms with Crippen LogP contribution in [0.25, 0.3) is 0 Å². The van der Waals surface area contributed by atoms with Gasteiger partial charge >= 0.3 is 27.3 Å². The van der Waals surface area contributed by atoms with Crippen LogP contribution in [0.1, 0.15) is 71.1 Å². The molecule has 0 aromatic carbocycles. The van der Waals surface area contributed by atoms with E-state index in [0.717, 1.165) is 56.8 Å². The first-order valence-electron chi connectivity index (χ1n) is 13.5. The van der Waals surface area contributed by atoms with Crippen LogP contribution in [0.15, 0.2) is 0 Å². The van der Waals surface area contributed by atoms with Crippen LogP contribution in [0.3, 0.4) is 0 Å². The zero-order chi connectivity index (χ0) is 25.7. The highest BCUT2D eigenvalue weighted by molar-refractivity contribution is 7.87. The molecule has 10 heteroatoms. The van der Waals surface area contributed by atoms with E-state index in [0.29, 0.717) is 42.6 Å². The van der Waals surface area contributed by atoms with Crippen molar-refractivity contribution in [2.45, 2.75) is 76.4 Å². The zero-order valence-corrected chi connectivity index (χ0v) is 21.5. The van der Waals surface area contributed by atoms with Gasteiger partial charge in [0.05, 0.1) is 19.1 Å². The van der Waals surface area contributed by atoms with Gasteiger partial charge in [-0.25, -0.2) is 4.79 Å². The summed E-state index contributed by atoms with van der Waals surface area (Å²) < 4.78 is 68.8. The molecule has 7 rings (SSSR count). The lowest BCUT2D eigenvalue weighted by atomic mass is 9.44. The van der Waals surface area contributed by atoms with Crippen molar-refractivity contribution in [1.82, 2.24) is 0 Å². The van der Waals surface area contributed by atoms with Crippen molar-refractivity contribution in [2.75, 3.05) is 13.2 Å². The highest BCUT2D eigenvalue weighted by Crippen LogP contribution is 2.66. The van der Waals surface area contributed by atoms with Gasteiger partial charge in [-0.15, -0.1) is 0 Å². The second kappa shape index (κ2) is 8.10. The SMILES string of the molecule is CC1CC2C3CC(C(=O)OCC45CC6CC(C4)CC(COC(=O)C(F)(F)S(=O)(=O)O)(C6)C5)C(C3)C2C1. The summed E-state index contributed by atoms with van der Waals surface area (Å²) in [6.45, 7) is 2.32. The Morgan fingerprint density at radius 2 is 1.47 bits per heavy atom. The number of carbonyl (C=O) groups is 2. The molecule has 0 aromatic rings. The van der Waals surface area contributed by atoms with Crippen LogP contribution in [-0.4, -0.2) is 43.4 Å². The Bertz CT molecular complexity index is 1040. The number of hydrogen-bond acceptors (Lipinski definition) is 6. The van der Waals surface area contributed by atoms with E-state index < -0.39 is 26.8 Å². The molecule has 0 aromatic heterocycles. The molecule has 0 aliphatic heterocycles. The number of rotatable bonds is 7. The van der Waals surface area contributed by atoms with Crippen LogP contribution >= 0.6 is 0 Å². The number of esters is 2. The second-order valence-electron chi connectivity index (χ2n) is 13.5. The third kappa shape index (κ3) is 3.91. The van der Waals surface area contributed by atoms with Gasteiger partial charge in [-0.3, -0.25) is 9.35 Å². The molecule has 36 heavy (non-hydrogen) atoms. The van der Waals surface area contributed by atoms with Crippen LogP contribution in [0, 0.1) is 58.2 Å². The first-order valence-corrected chi connectivity index (χ1v) is 14.9. The molecule has 0 heterocycles. The molecule has 202 valence electrons. The molecule has 7 saturated carbocycles. The quantitative estimate of drug-likeness (QED) is 0.383. The molecule has 1 N–H and O–H groups in total. The average Bonchev–Trinajstić information content (AvgIpc) is 3.45. The predicted octanol–water partition coefficient (Wildman–Crippen LogP) is 4.46. The maximum atomic E-state index is 13.7. The summed E-state index contributed by atoms with van der Waals surface area (Å²) in [6, 6.07) is 0. The van der Waals surface area contributed by atoms with Gasteiger partial charge in [-0.1, -0.05) is 6.92 Å². The summed E-state index contributed by atoms with van der Waals surface area (Å²) in [6.07, 6.45) is 9.50. The molecule has 0 saturated heterocycles. The molecule has 7 aliphatic carbocycles. The van der Waals surface area contributed by atoms with Crippen LogP contribution in [0.2, 0.25) is 0 Å². The molecular formula is C26H36F2O7S. The number of fused-ring (bicyclic) bond motifs is 5. The topological polar surface area (TPSA) is 107 Å². The first-order chi connectivity index (χ1) is 16.8. The third-order valence-corrected chi connectivity index (χ3v) is 11.7. The average molecular weight is 531 g/mol. The smallest absolute Gasteiger partial charge is 0.465 e. The monoisotopic (exact) mass is 530 g/mol. The summed E-state index contributed by atoms with van der Waals surface area (Å²) in [5, 5.41) is -4.99. The number of hydrogen-bond donors (Lipinski definition) is 1. The molecular weight excluding hydrogens is 494 g/mol. The first kappa shape index (κ1) is 25.0. The molecule has 7 fully saturated rings. The molecule has 7 nitrogen and oxygen atoms in total. The van der Waals surface area contributed by atoms with Gasteiger partial charge < -0.3 is 9.47 Å². The van der Waals surface area contributed by atoms with Crippen molar-refractivity contribution >= 4 is 22.1 Å². The highest BCUT2D eigenvalue weighted by Gasteiger charge is 2.61. The molecule has 0 spiro atoms. The van der Waals surface area contributed by atoms with Crippen molar-refractivity contribution < 1.29 is 40.8 Å². The maximum absolute atomic E-state index is 13.7. The summed E-state index contributed by atoms with van der Waals surface area (Å²) in [4.78, 5) is 25.1.